The predicted octanol–water partition coefficient (Wildman–Crippen LogP) is 5.40. The molecule has 0 aliphatic rings. The van der Waals surface area contributed by atoms with Gasteiger partial charge in [-0.3, -0.25) is 0 Å². The summed E-state index contributed by atoms with van der Waals surface area (Å²) in [7, 11) is -3.30. The topological polar surface area (TPSA) is 52.0 Å². The summed E-state index contributed by atoms with van der Waals surface area (Å²) >= 11 is 6.01. The van der Waals surface area contributed by atoms with Gasteiger partial charge in [-0.1, -0.05) is 35.9 Å². The number of nitrogens with zero attached hydrogens (tertiary/aromatic N) is 2. The Morgan fingerprint density at radius 3 is 2.21 bits per heavy atom. The molecule has 4 rings (SSSR count). The molecule has 4 aromatic rings. The largest absolute Gasteiger partial charge is 0.232 e. The van der Waals surface area contributed by atoms with Crippen molar-refractivity contribution in [1.29, 1.82) is 0 Å². The third-order valence-corrected chi connectivity index (χ3v) is 5.86. The molecule has 29 heavy (non-hydrogen) atoms. The first-order valence-corrected chi connectivity index (χ1v) is 11.0. The Morgan fingerprint density at radius 1 is 0.897 bits per heavy atom. The molecule has 0 N–H and O–H groups in total. The summed E-state index contributed by atoms with van der Waals surface area (Å²) in [5, 5.41) is 5.26. The molecule has 0 saturated heterocycles. The normalized spacial score (nSPS) is 11.6. The zero-order valence-corrected chi connectivity index (χ0v) is 17.0. The van der Waals surface area contributed by atoms with Crippen LogP contribution in [0.4, 0.5) is 4.39 Å². The van der Waals surface area contributed by atoms with Crippen molar-refractivity contribution in [2.75, 3.05) is 6.26 Å². The number of rotatable bonds is 4. The van der Waals surface area contributed by atoms with E-state index in [-0.39, 0.29) is 10.7 Å². The number of hydrogen-bond donors (Lipinski definition) is 0. The van der Waals surface area contributed by atoms with Gasteiger partial charge in [0.1, 0.15) is 5.82 Å². The Labute approximate surface area is 173 Å². The molecule has 0 spiro atoms. The molecule has 0 aliphatic carbocycles. The van der Waals surface area contributed by atoms with E-state index in [0.29, 0.717) is 22.0 Å². The monoisotopic (exact) mass is 426 g/mol. The zero-order chi connectivity index (χ0) is 20.6. The minimum absolute atomic E-state index is 0.229. The molecule has 0 bridgehead atoms. The Morgan fingerprint density at radius 2 is 1.59 bits per heavy atom. The van der Waals surface area contributed by atoms with Crippen molar-refractivity contribution >= 4 is 21.4 Å². The standard InChI is InChI=1S/C22H16ClFN2O2S/c1-29(27,28)20-11-9-19(10-12-20)26-22(15-5-7-17(23)8-6-15)14-21(25-26)16-3-2-4-18(24)13-16/h2-14H,1H3. The number of hydrogen-bond acceptors (Lipinski definition) is 3. The van der Waals surface area contributed by atoms with Crippen LogP contribution in [0.25, 0.3) is 28.2 Å². The summed E-state index contributed by atoms with van der Waals surface area (Å²) in [6.45, 7) is 0. The number of halogens is 2. The van der Waals surface area contributed by atoms with Gasteiger partial charge in [0.25, 0.3) is 0 Å². The number of aromatic nitrogens is 2. The average Bonchev–Trinajstić information content (AvgIpc) is 3.13. The van der Waals surface area contributed by atoms with Crippen LogP contribution in [0.2, 0.25) is 5.02 Å². The molecular weight excluding hydrogens is 411 g/mol. The molecular formula is C22H16ClFN2O2S. The molecule has 0 aliphatic heterocycles. The van der Waals surface area contributed by atoms with Crippen molar-refractivity contribution in [2.24, 2.45) is 0 Å². The van der Waals surface area contributed by atoms with Crippen LogP contribution in [0.3, 0.4) is 0 Å². The van der Waals surface area contributed by atoms with E-state index in [2.05, 4.69) is 5.10 Å². The summed E-state index contributed by atoms with van der Waals surface area (Å²) in [4.78, 5) is 0.229. The molecule has 0 saturated carbocycles. The van der Waals surface area contributed by atoms with E-state index in [1.54, 1.807) is 53.2 Å². The zero-order valence-electron chi connectivity index (χ0n) is 15.4. The fraction of sp³-hybridized carbons (Fsp3) is 0.0455. The minimum atomic E-state index is -3.30. The maximum Gasteiger partial charge on any atom is 0.175 e. The van der Waals surface area contributed by atoms with Crippen LogP contribution in [0, 0.1) is 5.82 Å². The molecule has 0 amide bonds. The molecule has 0 radical (unpaired) electrons. The van der Waals surface area contributed by atoms with E-state index in [1.165, 1.54) is 12.1 Å². The maximum absolute atomic E-state index is 13.7. The quantitative estimate of drug-likeness (QED) is 0.439. The van der Waals surface area contributed by atoms with Gasteiger partial charge in [0, 0.05) is 22.4 Å². The van der Waals surface area contributed by atoms with Crippen molar-refractivity contribution < 1.29 is 12.8 Å². The van der Waals surface area contributed by atoms with Gasteiger partial charge < -0.3 is 0 Å². The fourth-order valence-electron chi connectivity index (χ4n) is 3.03. The molecule has 3 aromatic carbocycles. The molecule has 0 atom stereocenters. The van der Waals surface area contributed by atoms with Crippen molar-refractivity contribution in [3.8, 4) is 28.2 Å². The SMILES string of the molecule is CS(=O)(=O)c1ccc(-n2nc(-c3cccc(F)c3)cc2-c2ccc(Cl)cc2)cc1. The summed E-state index contributed by atoms with van der Waals surface area (Å²) in [6, 6.07) is 21.9. The average molecular weight is 427 g/mol. The van der Waals surface area contributed by atoms with Gasteiger partial charge in [-0.05, 0) is 54.6 Å². The molecule has 1 aromatic heterocycles. The van der Waals surface area contributed by atoms with Gasteiger partial charge >= 0.3 is 0 Å². The number of sulfone groups is 1. The van der Waals surface area contributed by atoms with Crippen LogP contribution >= 0.6 is 11.6 Å². The van der Waals surface area contributed by atoms with Crippen molar-refractivity contribution in [2.45, 2.75) is 4.90 Å². The molecule has 0 unspecified atom stereocenters. The third-order valence-electron chi connectivity index (χ3n) is 4.48. The molecule has 7 heteroatoms. The second-order valence-corrected chi connectivity index (χ2v) is 9.06. The second kappa shape index (κ2) is 7.46. The van der Waals surface area contributed by atoms with E-state index < -0.39 is 9.84 Å². The van der Waals surface area contributed by atoms with E-state index in [9.17, 15) is 12.8 Å². The van der Waals surface area contributed by atoms with E-state index in [1.807, 2.05) is 18.2 Å². The highest BCUT2D eigenvalue weighted by Gasteiger charge is 2.15. The summed E-state index contributed by atoms with van der Waals surface area (Å²) in [6.07, 6.45) is 1.16. The molecule has 1 heterocycles. The fourth-order valence-corrected chi connectivity index (χ4v) is 3.78. The Kier molecular flexibility index (Phi) is 4.98. The highest BCUT2D eigenvalue weighted by atomic mass is 35.5. The molecule has 4 nitrogen and oxygen atoms in total. The van der Waals surface area contributed by atoms with Gasteiger partial charge in [-0.15, -0.1) is 0 Å². The van der Waals surface area contributed by atoms with Gasteiger partial charge in [0.2, 0.25) is 0 Å². The third kappa shape index (κ3) is 4.09. The maximum atomic E-state index is 13.7. The first kappa shape index (κ1) is 19.4. The second-order valence-electron chi connectivity index (χ2n) is 6.61. The smallest absolute Gasteiger partial charge is 0.175 e. The first-order valence-electron chi connectivity index (χ1n) is 8.74. The van der Waals surface area contributed by atoms with Crippen molar-refractivity contribution in [1.82, 2.24) is 9.78 Å². The lowest BCUT2D eigenvalue weighted by Crippen LogP contribution is -2.01. The lowest BCUT2D eigenvalue weighted by molar-refractivity contribution is 0.602. The predicted molar refractivity (Wildman–Crippen MR) is 113 cm³/mol. The van der Waals surface area contributed by atoms with Crippen LogP contribution in [0.5, 0.6) is 0 Å². The lowest BCUT2D eigenvalue weighted by atomic mass is 10.1. The minimum Gasteiger partial charge on any atom is -0.232 e. The Hall–Kier alpha value is -2.96. The summed E-state index contributed by atoms with van der Waals surface area (Å²) in [5.74, 6) is -0.345. The highest BCUT2D eigenvalue weighted by Crippen LogP contribution is 2.30. The Balaban J connectivity index is 1.88. The van der Waals surface area contributed by atoms with E-state index in [0.717, 1.165) is 17.5 Å². The van der Waals surface area contributed by atoms with Crippen LogP contribution in [-0.2, 0) is 9.84 Å². The van der Waals surface area contributed by atoms with Crippen LogP contribution in [-0.4, -0.2) is 24.5 Å². The molecule has 146 valence electrons. The lowest BCUT2D eigenvalue weighted by Gasteiger charge is -2.08. The van der Waals surface area contributed by atoms with Crippen LogP contribution in [0.15, 0.2) is 83.8 Å². The Bertz CT molecular complexity index is 1280. The summed E-state index contributed by atoms with van der Waals surface area (Å²) in [5.41, 5.74) is 3.57. The van der Waals surface area contributed by atoms with Crippen molar-refractivity contribution in [3.05, 3.63) is 89.7 Å². The van der Waals surface area contributed by atoms with Gasteiger partial charge in [0.15, 0.2) is 9.84 Å². The first-order chi connectivity index (χ1) is 13.8. The van der Waals surface area contributed by atoms with Crippen molar-refractivity contribution in [3.63, 3.8) is 0 Å². The summed E-state index contributed by atoms with van der Waals surface area (Å²) < 4.78 is 38.9. The molecule has 0 fully saturated rings. The van der Waals surface area contributed by atoms with Crippen LogP contribution < -0.4 is 0 Å². The van der Waals surface area contributed by atoms with Crippen LogP contribution in [0.1, 0.15) is 0 Å². The van der Waals surface area contributed by atoms with E-state index in [4.69, 9.17) is 11.6 Å². The van der Waals surface area contributed by atoms with Gasteiger partial charge in [0.05, 0.1) is 22.0 Å². The van der Waals surface area contributed by atoms with Gasteiger partial charge in [-0.25, -0.2) is 17.5 Å². The number of benzene rings is 3. The highest BCUT2D eigenvalue weighted by molar-refractivity contribution is 7.90. The van der Waals surface area contributed by atoms with E-state index >= 15 is 0 Å². The van der Waals surface area contributed by atoms with Gasteiger partial charge in [-0.2, -0.15) is 5.10 Å².